The van der Waals surface area contributed by atoms with E-state index in [4.69, 9.17) is 18.5 Å². The average Bonchev–Trinajstić information content (AvgIpc) is 2.77. The van der Waals surface area contributed by atoms with Crippen molar-refractivity contribution in [2.45, 2.75) is 26.6 Å². The second-order valence-corrected chi connectivity index (χ2v) is 8.76. The lowest BCUT2D eigenvalue weighted by atomic mass is 10.2. The summed E-state index contributed by atoms with van der Waals surface area (Å²) in [6, 6.07) is 17.8. The molecule has 0 saturated heterocycles. The molecule has 0 bridgehead atoms. The molecule has 0 aliphatic rings. The zero-order chi connectivity index (χ0) is 22.7. The largest absolute Gasteiger partial charge is 0.464 e. The van der Waals surface area contributed by atoms with Crippen LogP contribution in [0.3, 0.4) is 0 Å². The van der Waals surface area contributed by atoms with E-state index in [9.17, 15) is 14.2 Å². The molecule has 1 unspecified atom stereocenters. The SMILES string of the molecule is CCOC(=O)[C@H](C)OP(=O)(CCN(C)C(=O)OCc1ccccc1)Oc1ccccc1. The lowest BCUT2D eigenvalue weighted by molar-refractivity contribution is -0.150. The Bertz CT molecular complexity index is 876. The van der Waals surface area contributed by atoms with Crippen LogP contribution in [-0.4, -0.2) is 49.4 Å². The summed E-state index contributed by atoms with van der Waals surface area (Å²) in [7, 11) is -2.27. The molecule has 31 heavy (non-hydrogen) atoms. The Morgan fingerprint density at radius 1 is 1.00 bits per heavy atom. The van der Waals surface area contributed by atoms with Gasteiger partial charge in [0, 0.05) is 13.6 Å². The molecule has 0 fully saturated rings. The monoisotopic (exact) mass is 449 g/mol. The minimum atomic E-state index is -3.80. The third-order valence-electron chi connectivity index (χ3n) is 4.15. The van der Waals surface area contributed by atoms with E-state index >= 15 is 0 Å². The number of rotatable bonds is 11. The van der Waals surface area contributed by atoms with Crippen LogP contribution in [0.15, 0.2) is 60.7 Å². The Labute approximate surface area is 182 Å². The van der Waals surface area contributed by atoms with Gasteiger partial charge in [0.2, 0.25) is 0 Å². The molecule has 2 aromatic carbocycles. The van der Waals surface area contributed by atoms with Crippen molar-refractivity contribution in [3.05, 3.63) is 66.2 Å². The van der Waals surface area contributed by atoms with Crippen LogP contribution in [0.5, 0.6) is 5.75 Å². The molecule has 2 aromatic rings. The van der Waals surface area contributed by atoms with Crippen molar-refractivity contribution < 1.29 is 32.7 Å². The first-order valence-electron chi connectivity index (χ1n) is 9.93. The molecule has 0 N–H and O–H groups in total. The van der Waals surface area contributed by atoms with Crippen molar-refractivity contribution in [1.82, 2.24) is 4.90 Å². The van der Waals surface area contributed by atoms with Gasteiger partial charge in [0.1, 0.15) is 12.4 Å². The van der Waals surface area contributed by atoms with Gasteiger partial charge in [-0.2, -0.15) is 0 Å². The third kappa shape index (κ3) is 8.44. The Morgan fingerprint density at radius 2 is 1.61 bits per heavy atom. The van der Waals surface area contributed by atoms with Crippen molar-refractivity contribution in [2.75, 3.05) is 26.4 Å². The van der Waals surface area contributed by atoms with Crippen LogP contribution in [0.1, 0.15) is 19.4 Å². The maximum Gasteiger partial charge on any atom is 0.409 e. The number of nitrogens with zero attached hydrogens (tertiary/aromatic N) is 1. The molecule has 0 heterocycles. The number of amides is 1. The van der Waals surface area contributed by atoms with E-state index in [0.29, 0.717) is 5.75 Å². The van der Waals surface area contributed by atoms with Gasteiger partial charge >= 0.3 is 19.7 Å². The van der Waals surface area contributed by atoms with Gasteiger partial charge in [0.05, 0.1) is 12.8 Å². The maximum absolute atomic E-state index is 13.4. The third-order valence-corrected chi connectivity index (χ3v) is 6.03. The summed E-state index contributed by atoms with van der Waals surface area (Å²) in [6.45, 7) is 3.44. The van der Waals surface area contributed by atoms with E-state index in [2.05, 4.69) is 0 Å². The van der Waals surface area contributed by atoms with E-state index in [0.717, 1.165) is 5.56 Å². The molecule has 1 amide bonds. The minimum absolute atomic E-state index is 0.0350. The predicted octanol–water partition coefficient (Wildman–Crippen LogP) is 4.50. The van der Waals surface area contributed by atoms with Crippen molar-refractivity contribution in [1.29, 1.82) is 0 Å². The van der Waals surface area contributed by atoms with Gasteiger partial charge in [0.25, 0.3) is 0 Å². The molecule has 168 valence electrons. The van der Waals surface area contributed by atoms with Crippen LogP contribution in [0.2, 0.25) is 0 Å². The molecule has 0 aromatic heterocycles. The Kier molecular flexibility index (Phi) is 9.56. The molecule has 9 heteroatoms. The Morgan fingerprint density at radius 3 is 2.23 bits per heavy atom. The molecule has 0 saturated carbocycles. The lowest BCUT2D eigenvalue weighted by Crippen LogP contribution is -2.31. The van der Waals surface area contributed by atoms with Crippen molar-refractivity contribution in [3.63, 3.8) is 0 Å². The minimum Gasteiger partial charge on any atom is -0.464 e. The highest BCUT2D eigenvalue weighted by Crippen LogP contribution is 2.49. The maximum atomic E-state index is 13.4. The molecule has 2 rings (SSSR count). The molecule has 0 aliphatic carbocycles. The summed E-state index contributed by atoms with van der Waals surface area (Å²) < 4.78 is 34.7. The van der Waals surface area contributed by atoms with Crippen molar-refractivity contribution >= 4 is 19.7 Å². The fraction of sp³-hybridized carbons (Fsp3) is 0.364. The number of hydrogen-bond donors (Lipinski definition) is 0. The number of hydrogen-bond acceptors (Lipinski definition) is 7. The van der Waals surface area contributed by atoms with Crippen LogP contribution < -0.4 is 4.52 Å². The first kappa shape index (κ1) is 24.4. The van der Waals surface area contributed by atoms with E-state index in [-0.39, 0.29) is 25.9 Å². The number of carbonyl (C=O) groups is 2. The highest BCUT2D eigenvalue weighted by atomic mass is 31.2. The second kappa shape index (κ2) is 12.1. The number of para-hydroxylation sites is 1. The smallest absolute Gasteiger partial charge is 0.409 e. The van der Waals surface area contributed by atoms with Crippen LogP contribution in [-0.2, 0) is 30.0 Å². The standard InChI is InChI=1S/C22H28NO7P/c1-4-27-21(24)18(2)29-31(26,30-20-13-9-6-10-14-20)16-15-23(3)22(25)28-17-19-11-7-5-8-12-19/h5-14,18H,4,15-17H2,1-3H3/t18-,31?/m0/s1. The van der Waals surface area contributed by atoms with Gasteiger partial charge in [-0.3, -0.25) is 4.52 Å². The van der Waals surface area contributed by atoms with E-state index in [1.807, 2.05) is 30.3 Å². The van der Waals surface area contributed by atoms with Gasteiger partial charge in [-0.05, 0) is 31.5 Å². The first-order valence-corrected chi connectivity index (χ1v) is 11.7. The molecule has 2 atom stereocenters. The van der Waals surface area contributed by atoms with Crippen LogP contribution in [0.25, 0.3) is 0 Å². The predicted molar refractivity (Wildman–Crippen MR) is 116 cm³/mol. The summed E-state index contributed by atoms with van der Waals surface area (Å²) in [5.41, 5.74) is 0.855. The van der Waals surface area contributed by atoms with E-state index in [1.54, 1.807) is 37.3 Å². The molecular weight excluding hydrogens is 421 g/mol. The van der Waals surface area contributed by atoms with Crippen LogP contribution >= 0.6 is 7.60 Å². The lowest BCUT2D eigenvalue weighted by Gasteiger charge is -2.24. The Balaban J connectivity index is 1.99. The van der Waals surface area contributed by atoms with E-state index in [1.165, 1.54) is 18.9 Å². The van der Waals surface area contributed by atoms with Gasteiger partial charge in [-0.25, -0.2) is 14.2 Å². The molecule has 0 aliphatic heterocycles. The topological polar surface area (TPSA) is 91.4 Å². The molecule has 8 nitrogen and oxygen atoms in total. The van der Waals surface area contributed by atoms with Gasteiger partial charge in [-0.1, -0.05) is 48.5 Å². The number of ether oxygens (including phenoxy) is 2. The second-order valence-electron chi connectivity index (χ2n) is 6.70. The first-order chi connectivity index (χ1) is 14.8. The quantitative estimate of drug-likeness (QED) is 0.369. The summed E-state index contributed by atoms with van der Waals surface area (Å²) in [4.78, 5) is 25.5. The fourth-order valence-corrected chi connectivity index (χ4v) is 4.29. The van der Waals surface area contributed by atoms with Gasteiger partial charge < -0.3 is 18.9 Å². The summed E-state index contributed by atoms with van der Waals surface area (Å²) >= 11 is 0. The molecular formula is C22H28NO7P. The van der Waals surface area contributed by atoms with Crippen molar-refractivity contribution in [3.8, 4) is 5.75 Å². The van der Waals surface area contributed by atoms with E-state index < -0.39 is 25.8 Å². The van der Waals surface area contributed by atoms with Crippen LogP contribution in [0.4, 0.5) is 4.79 Å². The number of carbonyl (C=O) groups excluding carboxylic acids is 2. The van der Waals surface area contributed by atoms with Crippen molar-refractivity contribution in [2.24, 2.45) is 0 Å². The number of esters is 1. The summed E-state index contributed by atoms with van der Waals surface area (Å²) in [6.07, 6.45) is -1.80. The summed E-state index contributed by atoms with van der Waals surface area (Å²) in [5, 5.41) is 0. The normalized spacial score (nSPS) is 13.5. The molecule has 0 radical (unpaired) electrons. The number of benzene rings is 2. The van der Waals surface area contributed by atoms with Gasteiger partial charge in [-0.15, -0.1) is 0 Å². The highest BCUT2D eigenvalue weighted by Gasteiger charge is 2.33. The molecule has 0 spiro atoms. The highest BCUT2D eigenvalue weighted by molar-refractivity contribution is 7.54. The Hall–Kier alpha value is -2.83. The summed E-state index contributed by atoms with van der Waals surface area (Å²) in [5.74, 6) is -0.314. The van der Waals surface area contributed by atoms with Gasteiger partial charge in [0.15, 0.2) is 6.10 Å². The zero-order valence-corrected chi connectivity index (χ0v) is 18.8. The van der Waals surface area contributed by atoms with Crippen LogP contribution in [0, 0.1) is 0 Å². The zero-order valence-electron chi connectivity index (χ0n) is 17.9. The fourth-order valence-electron chi connectivity index (χ4n) is 2.50. The average molecular weight is 449 g/mol.